The number of benzene rings is 1. The van der Waals surface area contributed by atoms with Gasteiger partial charge in [0, 0.05) is 18.8 Å². The van der Waals surface area contributed by atoms with Crippen molar-refractivity contribution in [2.75, 3.05) is 17.8 Å². The highest BCUT2D eigenvalue weighted by molar-refractivity contribution is 7.90. The van der Waals surface area contributed by atoms with Crippen LogP contribution in [0.5, 0.6) is 0 Å². The molecule has 0 heterocycles. The summed E-state index contributed by atoms with van der Waals surface area (Å²) < 4.78 is 28.0. The van der Waals surface area contributed by atoms with E-state index in [0.29, 0.717) is 31.6 Å². The molecule has 0 amide bonds. The second-order valence-electron chi connectivity index (χ2n) is 5.16. The Morgan fingerprint density at radius 3 is 2.14 bits per heavy atom. The zero-order chi connectivity index (χ0) is 15.7. The predicted octanol–water partition coefficient (Wildman–Crippen LogP) is 1.80. The molecule has 1 aliphatic rings. The fourth-order valence-corrected chi connectivity index (χ4v) is 3.63. The van der Waals surface area contributed by atoms with Gasteiger partial charge in [-0.3, -0.25) is 9.52 Å². The standard InChI is InChI=1S/C14H20N2O4S/c1-3-16(4-2)21(19,20)15-12-7-5-11(6-8-12)14(9-10-14)13(17)18/h5-8,15H,3-4,9-10H2,1-2H3,(H,17,18). The van der Waals surface area contributed by atoms with Crippen LogP contribution in [0.25, 0.3) is 0 Å². The number of aliphatic carboxylic acids is 1. The first-order valence-corrected chi connectivity index (χ1v) is 8.41. The summed E-state index contributed by atoms with van der Waals surface area (Å²) in [6, 6.07) is 6.58. The topological polar surface area (TPSA) is 86.7 Å². The predicted molar refractivity (Wildman–Crippen MR) is 80.5 cm³/mol. The molecule has 2 N–H and O–H groups in total. The molecule has 7 heteroatoms. The molecule has 116 valence electrons. The molecule has 6 nitrogen and oxygen atoms in total. The minimum Gasteiger partial charge on any atom is -0.481 e. The van der Waals surface area contributed by atoms with E-state index in [4.69, 9.17) is 0 Å². The van der Waals surface area contributed by atoms with Crippen molar-refractivity contribution < 1.29 is 18.3 Å². The summed E-state index contributed by atoms with van der Waals surface area (Å²) in [5, 5.41) is 9.23. The normalized spacial score (nSPS) is 16.7. The maximum Gasteiger partial charge on any atom is 0.314 e. The molecule has 0 radical (unpaired) electrons. The summed E-state index contributed by atoms with van der Waals surface area (Å²) in [5.74, 6) is -0.820. The fourth-order valence-electron chi connectivity index (χ4n) is 2.39. The summed E-state index contributed by atoms with van der Waals surface area (Å²) in [6.07, 6.45) is 1.26. The Morgan fingerprint density at radius 2 is 1.76 bits per heavy atom. The minimum atomic E-state index is -3.56. The summed E-state index contributed by atoms with van der Waals surface area (Å²) in [5.41, 5.74) is 0.392. The maximum atomic E-state index is 12.1. The molecule has 0 spiro atoms. The molecular weight excluding hydrogens is 292 g/mol. The Balaban J connectivity index is 2.15. The van der Waals surface area contributed by atoms with Crippen molar-refractivity contribution in [3.8, 4) is 0 Å². The molecule has 1 fully saturated rings. The Bertz CT molecular complexity index is 617. The second kappa shape index (κ2) is 5.65. The number of hydrogen-bond donors (Lipinski definition) is 2. The van der Waals surface area contributed by atoms with E-state index in [9.17, 15) is 18.3 Å². The maximum absolute atomic E-state index is 12.1. The number of carboxylic acids is 1. The van der Waals surface area contributed by atoms with E-state index < -0.39 is 21.6 Å². The van der Waals surface area contributed by atoms with Crippen molar-refractivity contribution in [1.82, 2.24) is 4.31 Å². The Hall–Kier alpha value is -1.60. The van der Waals surface area contributed by atoms with Crippen LogP contribution in [-0.2, 0) is 20.4 Å². The number of nitrogens with zero attached hydrogens (tertiary/aromatic N) is 1. The van der Waals surface area contributed by atoms with Gasteiger partial charge in [-0.15, -0.1) is 0 Å². The summed E-state index contributed by atoms with van der Waals surface area (Å²) >= 11 is 0. The summed E-state index contributed by atoms with van der Waals surface area (Å²) in [6.45, 7) is 4.34. The van der Waals surface area contributed by atoms with Gasteiger partial charge < -0.3 is 5.11 Å². The lowest BCUT2D eigenvalue weighted by molar-refractivity contribution is -0.140. The largest absolute Gasteiger partial charge is 0.481 e. The highest BCUT2D eigenvalue weighted by Gasteiger charge is 2.51. The van der Waals surface area contributed by atoms with Gasteiger partial charge in [-0.1, -0.05) is 26.0 Å². The lowest BCUT2D eigenvalue weighted by Gasteiger charge is -2.19. The molecule has 1 aromatic rings. The zero-order valence-corrected chi connectivity index (χ0v) is 13.0. The van der Waals surface area contributed by atoms with Crippen LogP contribution in [0.15, 0.2) is 24.3 Å². The van der Waals surface area contributed by atoms with E-state index in [1.807, 2.05) is 0 Å². The first kappa shape index (κ1) is 15.8. The molecule has 1 saturated carbocycles. The van der Waals surface area contributed by atoms with Crippen molar-refractivity contribution in [3.63, 3.8) is 0 Å². The molecule has 0 aromatic heterocycles. The van der Waals surface area contributed by atoms with E-state index >= 15 is 0 Å². The minimum absolute atomic E-state index is 0.395. The molecule has 0 bridgehead atoms. The van der Waals surface area contributed by atoms with Gasteiger partial charge in [0.15, 0.2) is 0 Å². The van der Waals surface area contributed by atoms with E-state index in [0.717, 1.165) is 5.56 Å². The molecule has 0 aliphatic heterocycles. The molecular formula is C14H20N2O4S. The van der Waals surface area contributed by atoms with Gasteiger partial charge in [0.05, 0.1) is 5.41 Å². The van der Waals surface area contributed by atoms with Gasteiger partial charge in [-0.05, 0) is 30.5 Å². The lowest BCUT2D eigenvalue weighted by atomic mass is 9.96. The van der Waals surface area contributed by atoms with Crippen LogP contribution in [-0.4, -0.2) is 36.9 Å². The molecule has 0 atom stereocenters. The van der Waals surface area contributed by atoms with Gasteiger partial charge in [-0.25, -0.2) is 0 Å². The number of rotatable bonds is 7. The average molecular weight is 312 g/mol. The van der Waals surface area contributed by atoms with Gasteiger partial charge in [0.25, 0.3) is 0 Å². The quantitative estimate of drug-likeness (QED) is 0.804. The first-order chi connectivity index (χ1) is 9.85. The lowest BCUT2D eigenvalue weighted by Crippen LogP contribution is -2.35. The molecule has 0 unspecified atom stereocenters. The molecule has 0 saturated heterocycles. The summed E-state index contributed by atoms with van der Waals surface area (Å²) in [4.78, 5) is 11.2. The van der Waals surface area contributed by atoms with Crippen LogP contribution in [0.2, 0.25) is 0 Å². The van der Waals surface area contributed by atoms with Gasteiger partial charge in [0.2, 0.25) is 0 Å². The van der Waals surface area contributed by atoms with E-state index in [2.05, 4.69) is 4.72 Å². The third kappa shape index (κ3) is 3.03. The Morgan fingerprint density at radius 1 is 1.24 bits per heavy atom. The number of nitrogens with one attached hydrogen (secondary N) is 1. The third-order valence-electron chi connectivity index (χ3n) is 3.89. The van der Waals surface area contributed by atoms with Crippen LogP contribution in [0.1, 0.15) is 32.3 Å². The van der Waals surface area contributed by atoms with E-state index in [1.165, 1.54) is 4.31 Å². The van der Waals surface area contributed by atoms with Gasteiger partial charge in [0.1, 0.15) is 0 Å². The second-order valence-corrected chi connectivity index (χ2v) is 6.83. The number of carbonyl (C=O) groups is 1. The number of hydrogen-bond acceptors (Lipinski definition) is 3. The van der Waals surface area contributed by atoms with Crippen molar-refractivity contribution in [2.45, 2.75) is 32.1 Å². The van der Waals surface area contributed by atoms with Crippen molar-refractivity contribution in [2.24, 2.45) is 0 Å². The van der Waals surface area contributed by atoms with Crippen LogP contribution < -0.4 is 4.72 Å². The van der Waals surface area contributed by atoms with Crippen molar-refractivity contribution in [1.29, 1.82) is 0 Å². The van der Waals surface area contributed by atoms with E-state index in [-0.39, 0.29) is 0 Å². The third-order valence-corrected chi connectivity index (χ3v) is 5.58. The SMILES string of the molecule is CCN(CC)S(=O)(=O)Nc1ccc(C2(C(=O)O)CC2)cc1. The fraction of sp³-hybridized carbons (Fsp3) is 0.500. The van der Waals surface area contributed by atoms with Gasteiger partial charge in [-0.2, -0.15) is 12.7 Å². The Kier molecular flexibility index (Phi) is 4.25. The Labute approximate surface area is 125 Å². The van der Waals surface area contributed by atoms with Crippen molar-refractivity contribution in [3.05, 3.63) is 29.8 Å². The highest BCUT2D eigenvalue weighted by atomic mass is 32.2. The first-order valence-electron chi connectivity index (χ1n) is 6.97. The number of anilines is 1. The van der Waals surface area contributed by atoms with Crippen LogP contribution in [0.4, 0.5) is 5.69 Å². The molecule has 2 rings (SSSR count). The molecule has 1 aromatic carbocycles. The number of carboxylic acid groups (broad SMARTS) is 1. The highest BCUT2D eigenvalue weighted by Crippen LogP contribution is 2.48. The summed E-state index contributed by atoms with van der Waals surface area (Å²) in [7, 11) is -3.56. The zero-order valence-electron chi connectivity index (χ0n) is 12.2. The van der Waals surface area contributed by atoms with Crippen LogP contribution in [0, 0.1) is 0 Å². The smallest absolute Gasteiger partial charge is 0.314 e. The monoisotopic (exact) mass is 312 g/mol. The molecule has 1 aliphatic carbocycles. The van der Waals surface area contributed by atoms with Crippen LogP contribution in [0.3, 0.4) is 0 Å². The average Bonchev–Trinajstić information content (AvgIpc) is 3.21. The molecule has 21 heavy (non-hydrogen) atoms. The van der Waals surface area contributed by atoms with Gasteiger partial charge >= 0.3 is 16.2 Å². The van der Waals surface area contributed by atoms with E-state index in [1.54, 1.807) is 38.1 Å². The van der Waals surface area contributed by atoms with Crippen molar-refractivity contribution >= 4 is 21.9 Å². The van der Waals surface area contributed by atoms with Crippen LogP contribution >= 0.6 is 0 Å².